The smallest absolute Gasteiger partial charge is 0.462 e. The maximum atomic E-state index is 12.5. The van der Waals surface area contributed by atoms with Gasteiger partial charge in [0.25, 0.3) is 0 Å². The number of unbranched alkanes of at least 4 members (excludes halogenated alkanes) is 28. The van der Waals surface area contributed by atoms with Crippen LogP contribution in [0.4, 0.5) is 0 Å². The van der Waals surface area contributed by atoms with E-state index in [2.05, 4.69) is 42.7 Å². The van der Waals surface area contributed by atoms with Crippen LogP contribution in [0.1, 0.15) is 232 Å². The molecule has 9 heteroatoms. The molecular weight excluding hydrogens is 711 g/mol. The molecule has 0 heterocycles. The Hall–Kier alpha value is -1.47. The average Bonchev–Trinajstić information content (AvgIpc) is 3.18. The molecule has 1 N–H and O–H groups in total. The first-order valence-electron chi connectivity index (χ1n) is 23.0. The van der Waals surface area contributed by atoms with Crippen molar-refractivity contribution < 1.29 is 37.6 Å². The minimum atomic E-state index is -4.26. The van der Waals surface area contributed by atoms with Gasteiger partial charge in [-0.2, -0.15) is 0 Å². The number of rotatable bonds is 43. The Labute approximate surface area is 339 Å². The number of ether oxygens (including phenoxy) is 2. The fourth-order valence-electron chi connectivity index (χ4n) is 6.59. The van der Waals surface area contributed by atoms with E-state index in [9.17, 15) is 19.0 Å². The Bertz CT molecular complexity index is 952. The van der Waals surface area contributed by atoms with Gasteiger partial charge in [0.15, 0.2) is 6.10 Å². The van der Waals surface area contributed by atoms with Crippen molar-refractivity contribution in [3.63, 3.8) is 0 Å². The SMILES string of the molecule is CCCCCCCCC/C=C\CCCCCCCCCC(=O)OCC(COP(=O)(O)OC)OC(=O)CCCCCCCCC/C=C\CCCCCCCCC. The van der Waals surface area contributed by atoms with Gasteiger partial charge in [-0.1, -0.05) is 179 Å². The Morgan fingerprint density at radius 2 is 0.818 bits per heavy atom. The minimum Gasteiger partial charge on any atom is -0.462 e. The van der Waals surface area contributed by atoms with Crippen molar-refractivity contribution in [2.24, 2.45) is 0 Å². The highest BCUT2D eigenvalue weighted by molar-refractivity contribution is 7.47. The maximum absolute atomic E-state index is 12.5. The second-order valence-corrected chi connectivity index (χ2v) is 17.1. The second kappa shape index (κ2) is 42.1. The van der Waals surface area contributed by atoms with E-state index in [1.54, 1.807) is 0 Å². The molecule has 55 heavy (non-hydrogen) atoms. The van der Waals surface area contributed by atoms with E-state index >= 15 is 0 Å². The first-order chi connectivity index (χ1) is 26.8. The molecule has 0 saturated carbocycles. The van der Waals surface area contributed by atoms with Gasteiger partial charge in [-0.05, 0) is 64.2 Å². The number of carbonyl (C=O) groups excluding carboxylic acids is 2. The number of allylic oxidation sites excluding steroid dienone is 4. The van der Waals surface area contributed by atoms with Crippen molar-refractivity contribution in [3.05, 3.63) is 24.3 Å². The summed E-state index contributed by atoms with van der Waals surface area (Å²) < 4.78 is 32.0. The van der Waals surface area contributed by atoms with Gasteiger partial charge in [-0.3, -0.25) is 18.6 Å². The number of phosphoric acid groups is 1. The van der Waals surface area contributed by atoms with Crippen LogP contribution in [0.25, 0.3) is 0 Å². The van der Waals surface area contributed by atoms with Gasteiger partial charge >= 0.3 is 19.8 Å². The van der Waals surface area contributed by atoms with Crippen LogP contribution in [-0.2, 0) is 32.7 Å². The van der Waals surface area contributed by atoms with Crippen LogP contribution >= 0.6 is 7.82 Å². The van der Waals surface area contributed by atoms with Crippen LogP contribution < -0.4 is 0 Å². The third-order valence-electron chi connectivity index (χ3n) is 10.2. The summed E-state index contributed by atoms with van der Waals surface area (Å²) in [5.74, 6) is -0.805. The van der Waals surface area contributed by atoms with E-state index in [4.69, 9.17) is 14.0 Å². The van der Waals surface area contributed by atoms with E-state index in [-0.39, 0.29) is 25.4 Å². The first-order valence-corrected chi connectivity index (χ1v) is 24.5. The van der Waals surface area contributed by atoms with Crippen molar-refractivity contribution >= 4 is 19.8 Å². The van der Waals surface area contributed by atoms with Crippen LogP contribution in [0.5, 0.6) is 0 Å². The molecule has 0 saturated heterocycles. The van der Waals surface area contributed by atoms with Gasteiger partial charge in [0.1, 0.15) is 6.61 Å². The molecule has 2 atom stereocenters. The lowest BCUT2D eigenvalue weighted by Crippen LogP contribution is -2.29. The molecule has 0 bridgehead atoms. The normalized spacial score (nSPS) is 13.5. The van der Waals surface area contributed by atoms with E-state index in [0.717, 1.165) is 52.1 Å². The van der Waals surface area contributed by atoms with Gasteiger partial charge in [-0.15, -0.1) is 0 Å². The van der Waals surface area contributed by atoms with Crippen LogP contribution in [0.2, 0.25) is 0 Å². The summed E-state index contributed by atoms with van der Waals surface area (Å²) in [5.41, 5.74) is 0. The third-order valence-corrected chi connectivity index (χ3v) is 11.1. The van der Waals surface area contributed by atoms with Gasteiger partial charge in [-0.25, -0.2) is 4.57 Å². The van der Waals surface area contributed by atoms with E-state index in [0.29, 0.717) is 6.42 Å². The molecule has 0 rings (SSSR count). The summed E-state index contributed by atoms with van der Waals surface area (Å²) in [5, 5.41) is 0. The summed E-state index contributed by atoms with van der Waals surface area (Å²) in [6.45, 7) is 3.90. The molecule has 2 unspecified atom stereocenters. The Balaban J connectivity index is 3.96. The molecule has 0 aromatic heterocycles. The molecule has 0 spiro atoms. The van der Waals surface area contributed by atoms with Crippen molar-refractivity contribution in [1.82, 2.24) is 0 Å². The molecule has 0 aromatic carbocycles. The maximum Gasteiger partial charge on any atom is 0.472 e. The molecule has 0 fully saturated rings. The van der Waals surface area contributed by atoms with Crippen molar-refractivity contribution in [3.8, 4) is 0 Å². The highest BCUT2D eigenvalue weighted by Crippen LogP contribution is 2.42. The standard InChI is InChI=1S/C46H87O8P/c1-4-6-8-10-12-14-16-18-20-22-24-26-28-30-32-34-36-38-40-45(47)52-42-44(43-53-55(49,50)51-3)54-46(48)41-39-37-35-33-31-29-27-25-23-21-19-17-15-13-11-9-7-5-2/h20-23,44H,4-19,24-43H2,1-3H3,(H,49,50)/b22-20-,23-21-. The molecular formula is C46H87O8P. The predicted molar refractivity (Wildman–Crippen MR) is 230 cm³/mol. The average molecular weight is 799 g/mol. The lowest BCUT2D eigenvalue weighted by atomic mass is 10.1. The number of hydrogen-bond donors (Lipinski definition) is 1. The number of phosphoric ester groups is 1. The van der Waals surface area contributed by atoms with Gasteiger partial charge < -0.3 is 14.4 Å². The molecule has 0 aliphatic carbocycles. The van der Waals surface area contributed by atoms with Crippen LogP contribution in [0.3, 0.4) is 0 Å². The van der Waals surface area contributed by atoms with E-state index < -0.39 is 26.5 Å². The molecule has 324 valence electrons. The predicted octanol–water partition coefficient (Wildman–Crippen LogP) is 14.6. The van der Waals surface area contributed by atoms with Gasteiger partial charge in [0.05, 0.1) is 6.61 Å². The number of esters is 2. The van der Waals surface area contributed by atoms with Gasteiger partial charge in [0, 0.05) is 20.0 Å². The topological polar surface area (TPSA) is 108 Å². The quantitative estimate of drug-likeness (QED) is 0.0281. The largest absolute Gasteiger partial charge is 0.472 e. The summed E-state index contributed by atoms with van der Waals surface area (Å²) in [4.78, 5) is 34.5. The highest BCUT2D eigenvalue weighted by atomic mass is 31.2. The zero-order chi connectivity index (χ0) is 40.3. The minimum absolute atomic E-state index is 0.226. The second-order valence-electron chi connectivity index (χ2n) is 15.5. The summed E-state index contributed by atoms with van der Waals surface area (Å²) >= 11 is 0. The molecule has 0 amide bonds. The van der Waals surface area contributed by atoms with E-state index in [1.165, 1.54) is 154 Å². The highest BCUT2D eigenvalue weighted by Gasteiger charge is 2.24. The molecule has 0 radical (unpaired) electrons. The Morgan fingerprint density at radius 3 is 1.18 bits per heavy atom. The summed E-state index contributed by atoms with van der Waals surface area (Å²) in [7, 11) is -3.20. The lowest BCUT2D eigenvalue weighted by molar-refractivity contribution is -0.161. The number of carbonyl (C=O) groups is 2. The van der Waals surface area contributed by atoms with Crippen LogP contribution in [-0.4, -0.2) is 43.3 Å². The van der Waals surface area contributed by atoms with Crippen LogP contribution in [0, 0.1) is 0 Å². The molecule has 0 aliphatic heterocycles. The number of hydrogen-bond acceptors (Lipinski definition) is 7. The van der Waals surface area contributed by atoms with Crippen LogP contribution in [0.15, 0.2) is 24.3 Å². The zero-order valence-electron chi connectivity index (χ0n) is 36.1. The molecule has 8 nitrogen and oxygen atoms in total. The van der Waals surface area contributed by atoms with E-state index in [1.807, 2.05) is 0 Å². The van der Waals surface area contributed by atoms with Crippen molar-refractivity contribution in [2.45, 2.75) is 238 Å². The fourth-order valence-corrected chi connectivity index (χ4v) is 7.05. The third kappa shape index (κ3) is 42.0. The van der Waals surface area contributed by atoms with Crippen molar-refractivity contribution in [1.29, 1.82) is 0 Å². The Morgan fingerprint density at radius 1 is 0.491 bits per heavy atom. The molecule has 0 aliphatic rings. The summed E-state index contributed by atoms with van der Waals surface area (Å²) in [6, 6.07) is 0. The summed E-state index contributed by atoms with van der Waals surface area (Å²) in [6.07, 6.45) is 48.0. The van der Waals surface area contributed by atoms with Gasteiger partial charge in [0.2, 0.25) is 0 Å². The fraction of sp³-hybridized carbons (Fsp3) is 0.870. The Kier molecular flexibility index (Phi) is 41.0. The lowest BCUT2D eigenvalue weighted by Gasteiger charge is -2.19. The first kappa shape index (κ1) is 53.5. The monoisotopic (exact) mass is 799 g/mol. The zero-order valence-corrected chi connectivity index (χ0v) is 37.0. The molecule has 0 aromatic rings. The van der Waals surface area contributed by atoms with Crippen molar-refractivity contribution in [2.75, 3.05) is 20.3 Å².